The van der Waals surface area contributed by atoms with Crippen molar-refractivity contribution in [1.29, 1.82) is 0 Å². The number of benzene rings is 2. The van der Waals surface area contributed by atoms with E-state index in [1.54, 1.807) is 0 Å². The SMILES string of the molecule is O=C(NC(=S)Nc1ccc(Cl)cc1C(=O)O)c1ccccc1F. The number of nitrogens with one attached hydrogen (secondary N) is 2. The number of halogens is 2. The molecule has 0 fully saturated rings. The predicted octanol–water partition coefficient (Wildman–Crippen LogP) is 3.30. The number of anilines is 1. The number of aromatic carboxylic acids is 1. The molecule has 1 amide bonds. The number of carboxylic acid groups (broad SMARTS) is 1. The number of carboxylic acids is 1. The largest absolute Gasteiger partial charge is 0.478 e. The fourth-order valence-electron chi connectivity index (χ4n) is 1.77. The van der Waals surface area contributed by atoms with Gasteiger partial charge in [0.25, 0.3) is 5.91 Å². The molecule has 118 valence electrons. The summed E-state index contributed by atoms with van der Waals surface area (Å²) in [5.41, 5.74) is -0.132. The predicted molar refractivity (Wildman–Crippen MR) is 88.5 cm³/mol. The van der Waals surface area contributed by atoms with Crippen molar-refractivity contribution in [2.75, 3.05) is 5.32 Å². The number of hydrogen-bond donors (Lipinski definition) is 3. The van der Waals surface area contributed by atoms with Crippen LogP contribution in [0.25, 0.3) is 0 Å². The van der Waals surface area contributed by atoms with E-state index >= 15 is 0 Å². The lowest BCUT2D eigenvalue weighted by molar-refractivity contribution is 0.0697. The zero-order valence-corrected chi connectivity index (χ0v) is 13.0. The molecular weight excluding hydrogens is 343 g/mol. The standard InChI is InChI=1S/C15H10ClFN2O3S/c16-8-5-6-12(10(7-8)14(21)22)18-15(23)19-13(20)9-3-1-2-4-11(9)17/h1-7H,(H,21,22)(H2,18,19,20,23). The second-order valence-corrected chi connectivity index (χ2v) is 5.23. The summed E-state index contributed by atoms with van der Waals surface area (Å²) in [5.74, 6) is -2.64. The first-order valence-electron chi connectivity index (χ1n) is 6.28. The number of carbonyl (C=O) groups is 2. The third-order valence-corrected chi connectivity index (χ3v) is 3.24. The highest BCUT2D eigenvalue weighted by Gasteiger charge is 2.15. The van der Waals surface area contributed by atoms with Crippen molar-refractivity contribution >= 4 is 46.5 Å². The van der Waals surface area contributed by atoms with Crippen LogP contribution in [0.2, 0.25) is 5.02 Å². The molecule has 23 heavy (non-hydrogen) atoms. The molecule has 2 rings (SSSR count). The molecule has 3 N–H and O–H groups in total. The summed E-state index contributed by atoms with van der Waals surface area (Å²) in [6.45, 7) is 0. The molecule has 0 aromatic heterocycles. The summed E-state index contributed by atoms with van der Waals surface area (Å²) < 4.78 is 13.5. The Hall–Kier alpha value is -2.51. The number of rotatable bonds is 3. The van der Waals surface area contributed by atoms with Crippen molar-refractivity contribution in [3.8, 4) is 0 Å². The minimum absolute atomic E-state index is 0.111. The molecular formula is C15H10ClFN2O3S. The van der Waals surface area contributed by atoms with E-state index < -0.39 is 17.7 Å². The van der Waals surface area contributed by atoms with E-state index in [1.807, 2.05) is 0 Å². The average molecular weight is 353 g/mol. The van der Waals surface area contributed by atoms with E-state index in [4.69, 9.17) is 28.9 Å². The Labute approximate surface area is 141 Å². The first-order valence-corrected chi connectivity index (χ1v) is 7.07. The molecule has 0 radical (unpaired) electrons. The van der Waals surface area contributed by atoms with Crippen LogP contribution in [0.5, 0.6) is 0 Å². The summed E-state index contributed by atoms with van der Waals surface area (Å²) in [6, 6.07) is 9.54. The van der Waals surface area contributed by atoms with E-state index in [1.165, 1.54) is 36.4 Å². The lowest BCUT2D eigenvalue weighted by atomic mass is 10.2. The summed E-state index contributed by atoms with van der Waals surface area (Å²) in [6.07, 6.45) is 0. The monoisotopic (exact) mass is 352 g/mol. The molecule has 0 spiro atoms. The zero-order chi connectivity index (χ0) is 17.0. The van der Waals surface area contributed by atoms with E-state index in [0.29, 0.717) is 0 Å². The van der Waals surface area contributed by atoms with Gasteiger partial charge in [-0.3, -0.25) is 10.1 Å². The van der Waals surface area contributed by atoms with Gasteiger partial charge < -0.3 is 10.4 Å². The molecule has 2 aromatic rings. The van der Waals surface area contributed by atoms with Gasteiger partial charge in [-0.1, -0.05) is 23.7 Å². The molecule has 0 saturated carbocycles. The fourth-order valence-corrected chi connectivity index (χ4v) is 2.15. The Bertz CT molecular complexity index is 798. The lowest BCUT2D eigenvalue weighted by Gasteiger charge is -2.12. The first kappa shape index (κ1) is 16.9. The fraction of sp³-hybridized carbons (Fsp3) is 0. The molecule has 0 aliphatic rings. The molecule has 2 aromatic carbocycles. The summed E-state index contributed by atoms with van der Waals surface area (Å²) in [4.78, 5) is 23.1. The quantitative estimate of drug-likeness (QED) is 0.739. The van der Waals surface area contributed by atoms with Gasteiger partial charge in [-0.15, -0.1) is 0 Å². The van der Waals surface area contributed by atoms with Crippen molar-refractivity contribution in [3.05, 3.63) is 64.4 Å². The third-order valence-electron chi connectivity index (χ3n) is 2.81. The van der Waals surface area contributed by atoms with Crippen molar-refractivity contribution in [2.24, 2.45) is 0 Å². The van der Waals surface area contributed by atoms with Crippen molar-refractivity contribution in [3.63, 3.8) is 0 Å². The summed E-state index contributed by atoms with van der Waals surface area (Å²) in [5, 5.41) is 14.1. The van der Waals surface area contributed by atoms with Crippen LogP contribution in [0.4, 0.5) is 10.1 Å². The summed E-state index contributed by atoms with van der Waals surface area (Å²) >= 11 is 10.7. The van der Waals surface area contributed by atoms with Crippen LogP contribution >= 0.6 is 23.8 Å². The van der Waals surface area contributed by atoms with Crippen molar-refractivity contribution < 1.29 is 19.1 Å². The third kappa shape index (κ3) is 4.24. The molecule has 8 heteroatoms. The van der Waals surface area contributed by atoms with Crippen LogP contribution in [0.15, 0.2) is 42.5 Å². The molecule has 0 heterocycles. The highest BCUT2D eigenvalue weighted by molar-refractivity contribution is 7.80. The van der Waals surface area contributed by atoms with Gasteiger partial charge in [0.1, 0.15) is 5.82 Å². The van der Waals surface area contributed by atoms with Gasteiger partial charge in [-0.2, -0.15) is 0 Å². The molecule has 0 atom stereocenters. The van der Waals surface area contributed by atoms with Crippen LogP contribution in [0.1, 0.15) is 20.7 Å². The van der Waals surface area contributed by atoms with Gasteiger partial charge in [-0.05, 0) is 42.5 Å². The maximum absolute atomic E-state index is 13.5. The number of thiocarbonyl (C=S) groups is 1. The second-order valence-electron chi connectivity index (χ2n) is 4.38. The van der Waals surface area contributed by atoms with Crippen LogP contribution in [0, 0.1) is 5.82 Å². The van der Waals surface area contributed by atoms with Crippen LogP contribution in [-0.2, 0) is 0 Å². The molecule has 0 unspecified atom stereocenters. The van der Waals surface area contributed by atoms with Crippen LogP contribution < -0.4 is 10.6 Å². The molecule has 0 saturated heterocycles. The smallest absolute Gasteiger partial charge is 0.337 e. The molecule has 0 bridgehead atoms. The zero-order valence-electron chi connectivity index (χ0n) is 11.5. The van der Waals surface area contributed by atoms with Crippen LogP contribution in [0.3, 0.4) is 0 Å². The second kappa shape index (κ2) is 7.17. The lowest BCUT2D eigenvalue weighted by Crippen LogP contribution is -2.35. The van der Waals surface area contributed by atoms with Crippen LogP contribution in [-0.4, -0.2) is 22.1 Å². The Balaban J connectivity index is 2.13. The van der Waals surface area contributed by atoms with E-state index in [-0.39, 0.29) is 26.9 Å². The summed E-state index contributed by atoms with van der Waals surface area (Å²) in [7, 11) is 0. The van der Waals surface area contributed by atoms with Gasteiger partial charge in [-0.25, -0.2) is 9.18 Å². The van der Waals surface area contributed by atoms with Gasteiger partial charge in [0, 0.05) is 5.02 Å². The minimum Gasteiger partial charge on any atom is -0.478 e. The maximum atomic E-state index is 13.5. The first-order chi connectivity index (χ1) is 10.9. The Morgan fingerprint density at radius 1 is 1.13 bits per heavy atom. The van der Waals surface area contributed by atoms with E-state index in [2.05, 4.69) is 10.6 Å². The van der Waals surface area contributed by atoms with E-state index in [9.17, 15) is 14.0 Å². The topological polar surface area (TPSA) is 78.4 Å². The molecule has 5 nitrogen and oxygen atoms in total. The van der Waals surface area contributed by atoms with Gasteiger partial charge in [0.05, 0.1) is 16.8 Å². The van der Waals surface area contributed by atoms with E-state index in [0.717, 1.165) is 6.07 Å². The van der Waals surface area contributed by atoms with Gasteiger partial charge in [0.15, 0.2) is 5.11 Å². The number of hydrogen-bond acceptors (Lipinski definition) is 3. The highest BCUT2D eigenvalue weighted by Crippen LogP contribution is 2.20. The molecule has 0 aliphatic carbocycles. The van der Waals surface area contributed by atoms with Crippen molar-refractivity contribution in [2.45, 2.75) is 0 Å². The Morgan fingerprint density at radius 3 is 2.48 bits per heavy atom. The number of amides is 1. The highest BCUT2D eigenvalue weighted by atomic mass is 35.5. The number of carbonyl (C=O) groups excluding carboxylic acids is 1. The maximum Gasteiger partial charge on any atom is 0.337 e. The normalized spacial score (nSPS) is 10.0. The van der Waals surface area contributed by atoms with Gasteiger partial charge >= 0.3 is 5.97 Å². The van der Waals surface area contributed by atoms with Gasteiger partial charge in [0.2, 0.25) is 0 Å². The molecule has 0 aliphatic heterocycles. The average Bonchev–Trinajstić information content (AvgIpc) is 2.49. The van der Waals surface area contributed by atoms with Crippen molar-refractivity contribution in [1.82, 2.24) is 5.32 Å². The Kier molecular flexibility index (Phi) is 5.25. The Morgan fingerprint density at radius 2 is 1.83 bits per heavy atom. The minimum atomic E-state index is -1.21.